The van der Waals surface area contributed by atoms with E-state index in [1.54, 1.807) is 0 Å². The van der Waals surface area contributed by atoms with Crippen molar-refractivity contribution in [3.63, 3.8) is 0 Å². The SMILES string of the molecule is Cc1ccc2c(c1)C(C)(C)c1cc(-c3ccc(C(C)(C)C)cc3)c(C)c(-c3ccccc3C)c1-2. The van der Waals surface area contributed by atoms with E-state index in [0.717, 1.165) is 0 Å². The molecule has 4 aromatic carbocycles. The second kappa shape index (κ2) is 7.70. The molecule has 0 aromatic heterocycles. The number of rotatable bonds is 2. The number of benzene rings is 4. The van der Waals surface area contributed by atoms with Crippen molar-refractivity contribution in [2.75, 3.05) is 0 Å². The summed E-state index contributed by atoms with van der Waals surface area (Å²) in [5, 5.41) is 0. The Morgan fingerprint density at radius 1 is 0.618 bits per heavy atom. The molecule has 1 aliphatic carbocycles. The zero-order valence-corrected chi connectivity index (χ0v) is 21.9. The topological polar surface area (TPSA) is 0 Å². The van der Waals surface area contributed by atoms with Gasteiger partial charge in [0.1, 0.15) is 0 Å². The average molecular weight is 445 g/mol. The van der Waals surface area contributed by atoms with Gasteiger partial charge in [-0.2, -0.15) is 0 Å². The van der Waals surface area contributed by atoms with Gasteiger partial charge in [-0.1, -0.05) is 107 Å². The van der Waals surface area contributed by atoms with Crippen LogP contribution >= 0.6 is 0 Å². The maximum atomic E-state index is 2.48. The molecule has 5 rings (SSSR count). The number of aryl methyl sites for hydroxylation is 2. The van der Waals surface area contributed by atoms with E-state index in [9.17, 15) is 0 Å². The van der Waals surface area contributed by atoms with Crippen LogP contribution in [0.1, 0.15) is 68.0 Å². The lowest BCUT2D eigenvalue weighted by atomic mass is 9.78. The Morgan fingerprint density at radius 2 is 1.29 bits per heavy atom. The minimum Gasteiger partial charge on any atom is -0.0620 e. The standard InChI is InChI=1S/C34H36/c1-21-13-18-27-29(19-21)34(7,8)30-20-28(24-14-16-25(17-15-24)33(4,5)6)23(3)31(32(27)30)26-12-10-9-11-22(26)2/h9-20H,1-8H3. The lowest BCUT2D eigenvalue weighted by Crippen LogP contribution is -2.15. The Bertz CT molecular complexity index is 1410. The summed E-state index contributed by atoms with van der Waals surface area (Å²) in [6.07, 6.45) is 0. The van der Waals surface area contributed by atoms with Gasteiger partial charge in [0.2, 0.25) is 0 Å². The minimum absolute atomic E-state index is 0.0398. The molecule has 172 valence electrons. The van der Waals surface area contributed by atoms with Gasteiger partial charge >= 0.3 is 0 Å². The van der Waals surface area contributed by atoms with E-state index in [1.807, 2.05) is 0 Å². The van der Waals surface area contributed by atoms with E-state index < -0.39 is 0 Å². The van der Waals surface area contributed by atoms with Crippen molar-refractivity contribution >= 4 is 0 Å². The molecule has 0 heteroatoms. The highest BCUT2D eigenvalue weighted by atomic mass is 14.4. The van der Waals surface area contributed by atoms with Gasteiger partial charge in [-0.25, -0.2) is 0 Å². The molecule has 0 N–H and O–H groups in total. The Kier molecular flexibility index (Phi) is 5.13. The van der Waals surface area contributed by atoms with E-state index in [4.69, 9.17) is 0 Å². The number of hydrogen-bond acceptors (Lipinski definition) is 0. The average Bonchev–Trinajstić information content (AvgIpc) is 3.00. The zero-order valence-electron chi connectivity index (χ0n) is 21.9. The summed E-state index contributed by atoms with van der Waals surface area (Å²) < 4.78 is 0. The van der Waals surface area contributed by atoms with Crippen molar-refractivity contribution in [3.8, 4) is 33.4 Å². The second-order valence-corrected chi connectivity index (χ2v) is 11.7. The molecule has 0 atom stereocenters. The fourth-order valence-electron chi connectivity index (χ4n) is 5.73. The predicted molar refractivity (Wildman–Crippen MR) is 148 cm³/mol. The Morgan fingerprint density at radius 3 is 1.94 bits per heavy atom. The molecule has 0 radical (unpaired) electrons. The predicted octanol–water partition coefficient (Wildman–Crippen LogP) is 9.55. The number of hydrogen-bond donors (Lipinski definition) is 0. The zero-order chi connectivity index (χ0) is 24.4. The molecule has 0 saturated carbocycles. The highest BCUT2D eigenvalue weighted by molar-refractivity contribution is 5.98. The van der Waals surface area contributed by atoms with Gasteiger partial charge in [0, 0.05) is 5.41 Å². The monoisotopic (exact) mass is 444 g/mol. The smallest absolute Gasteiger partial charge is 0.0159 e. The summed E-state index contributed by atoms with van der Waals surface area (Å²) in [4.78, 5) is 0. The molecular weight excluding hydrogens is 408 g/mol. The molecule has 0 heterocycles. The summed E-state index contributed by atoms with van der Waals surface area (Å²) in [5.41, 5.74) is 16.6. The van der Waals surface area contributed by atoms with Crippen LogP contribution in [0.4, 0.5) is 0 Å². The first kappa shape index (κ1) is 22.7. The van der Waals surface area contributed by atoms with Gasteiger partial charge in [-0.05, 0) is 93.5 Å². The Labute approximate surface area is 205 Å². The lowest BCUT2D eigenvalue weighted by Gasteiger charge is -2.25. The van der Waals surface area contributed by atoms with Crippen LogP contribution in [0.3, 0.4) is 0 Å². The van der Waals surface area contributed by atoms with Crippen molar-refractivity contribution in [2.45, 2.75) is 66.2 Å². The van der Waals surface area contributed by atoms with Gasteiger partial charge in [0.25, 0.3) is 0 Å². The molecular formula is C34H36. The number of fused-ring (bicyclic) bond motifs is 3. The summed E-state index contributed by atoms with van der Waals surface area (Å²) in [5.74, 6) is 0. The maximum absolute atomic E-state index is 2.48. The van der Waals surface area contributed by atoms with Crippen molar-refractivity contribution in [2.24, 2.45) is 0 Å². The third-order valence-electron chi connectivity index (χ3n) is 7.85. The van der Waals surface area contributed by atoms with E-state index in [2.05, 4.69) is 128 Å². The molecule has 0 bridgehead atoms. The lowest BCUT2D eigenvalue weighted by molar-refractivity contribution is 0.590. The van der Waals surface area contributed by atoms with Gasteiger partial charge in [0.15, 0.2) is 0 Å². The summed E-state index contributed by atoms with van der Waals surface area (Å²) in [7, 11) is 0. The van der Waals surface area contributed by atoms with Gasteiger partial charge in [-0.15, -0.1) is 0 Å². The minimum atomic E-state index is -0.0398. The fraction of sp³-hybridized carbons (Fsp3) is 0.294. The molecule has 0 spiro atoms. The van der Waals surface area contributed by atoms with Gasteiger partial charge in [-0.3, -0.25) is 0 Å². The molecule has 34 heavy (non-hydrogen) atoms. The van der Waals surface area contributed by atoms with Crippen LogP contribution in [0.2, 0.25) is 0 Å². The van der Waals surface area contributed by atoms with Crippen molar-refractivity contribution in [3.05, 3.63) is 106 Å². The van der Waals surface area contributed by atoms with Crippen LogP contribution < -0.4 is 0 Å². The molecule has 4 aromatic rings. The van der Waals surface area contributed by atoms with Crippen LogP contribution in [-0.2, 0) is 10.8 Å². The molecule has 0 unspecified atom stereocenters. The van der Waals surface area contributed by atoms with Crippen LogP contribution in [-0.4, -0.2) is 0 Å². The molecule has 0 aliphatic heterocycles. The fourth-order valence-corrected chi connectivity index (χ4v) is 5.73. The summed E-state index contributed by atoms with van der Waals surface area (Å²) in [6.45, 7) is 18.4. The highest BCUT2D eigenvalue weighted by Crippen LogP contribution is 2.55. The summed E-state index contributed by atoms with van der Waals surface area (Å²) in [6, 6.07) is 27.6. The molecule has 0 nitrogen and oxygen atoms in total. The third kappa shape index (κ3) is 3.43. The van der Waals surface area contributed by atoms with Crippen LogP contribution in [0.5, 0.6) is 0 Å². The normalized spacial score (nSPS) is 14.1. The van der Waals surface area contributed by atoms with E-state index in [-0.39, 0.29) is 10.8 Å². The third-order valence-corrected chi connectivity index (χ3v) is 7.85. The first-order valence-corrected chi connectivity index (χ1v) is 12.5. The van der Waals surface area contributed by atoms with Crippen LogP contribution in [0.25, 0.3) is 33.4 Å². The van der Waals surface area contributed by atoms with E-state index in [0.29, 0.717) is 0 Å². The first-order chi connectivity index (χ1) is 16.0. The van der Waals surface area contributed by atoms with Crippen molar-refractivity contribution in [1.29, 1.82) is 0 Å². The largest absolute Gasteiger partial charge is 0.0620 e. The van der Waals surface area contributed by atoms with Crippen molar-refractivity contribution < 1.29 is 0 Å². The Hall–Kier alpha value is -3.12. The van der Waals surface area contributed by atoms with Crippen molar-refractivity contribution in [1.82, 2.24) is 0 Å². The van der Waals surface area contributed by atoms with Gasteiger partial charge in [0.05, 0.1) is 0 Å². The van der Waals surface area contributed by atoms with Gasteiger partial charge < -0.3 is 0 Å². The molecule has 1 aliphatic rings. The summed E-state index contributed by atoms with van der Waals surface area (Å²) >= 11 is 0. The Balaban J connectivity index is 1.85. The maximum Gasteiger partial charge on any atom is 0.0159 e. The van der Waals surface area contributed by atoms with Crippen LogP contribution in [0, 0.1) is 20.8 Å². The quantitative estimate of drug-likeness (QED) is 0.289. The van der Waals surface area contributed by atoms with E-state index in [1.165, 1.54) is 66.8 Å². The highest BCUT2D eigenvalue weighted by Gasteiger charge is 2.38. The van der Waals surface area contributed by atoms with E-state index >= 15 is 0 Å². The first-order valence-electron chi connectivity index (χ1n) is 12.5. The molecule has 0 saturated heterocycles. The molecule has 0 amide bonds. The molecule has 0 fully saturated rings. The van der Waals surface area contributed by atoms with Crippen LogP contribution in [0.15, 0.2) is 72.8 Å². The second-order valence-electron chi connectivity index (χ2n) is 11.7.